The predicted octanol–water partition coefficient (Wildman–Crippen LogP) is 2.55. The summed E-state index contributed by atoms with van der Waals surface area (Å²) in [4.78, 5) is 24.1. The van der Waals surface area contributed by atoms with Gasteiger partial charge >= 0.3 is 37.0 Å². The van der Waals surface area contributed by atoms with Crippen LogP contribution in [0.15, 0.2) is 18.2 Å². The Bertz CT molecular complexity index is 561. The Hall–Kier alpha value is 0.0766. The summed E-state index contributed by atoms with van der Waals surface area (Å²) >= 11 is 3.92. The Balaban J connectivity index is 0. The van der Waals surface area contributed by atoms with Crippen LogP contribution < -0.4 is 10.2 Å². The number of nitrogens with zero attached hydrogens (tertiary/aromatic N) is 1. The van der Waals surface area contributed by atoms with Crippen LogP contribution in [0.5, 0.6) is 0 Å². The molecule has 1 aromatic rings. The molecule has 1 saturated heterocycles. The van der Waals surface area contributed by atoms with Gasteiger partial charge in [0.1, 0.15) is 6.10 Å². The maximum Gasteiger partial charge on any atom is 0 e. The first-order chi connectivity index (χ1) is 11.4. The molecule has 1 heterocycles. The standard InChI is InChI=1S/C14H16N2O3.C3H6.V.W.Y/c1-9-4-5-12(6-10(9)2)16-8-13(19-14(16)18)7-15-11(3)17;1-3-2;;;/h4-6,13H,1-2,7-8H2,3H3,(H,15,17);1-3H2;;;/q2*-2;+2;;/t13-;;;;/m0..../s1. The fraction of sp³-hybridized carbons (Fsp3) is 0.294. The maximum absolute atomic E-state index is 11.8. The van der Waals surface area contributed by atoms with Crippen molar-refractivity contribution in [2.45, 2.75) is 19.4 Å². The van der Waals surface area contributed by atoms with Crippen molar-refractivity contribution in [2.24, 2.45) is 0 Å². The Morgan fingerprint density at radius 3 is 2.40 bits per heavy atom. The molecule has 1 aliphatic rings. The molecular formula is C17H22N2O3VWY-2. The summed E-state index contributed by atoms with van der Waals surface area (Å²) in [5.41, 5.74) is 2.33. The van der Waals surface area contributed by atoms with Crippen LogP contribution in [0.1, 0.15) is 24.5 Å². The zero-order valence-electron chi connectivity index (χ0n) is 14.4. The molecule has 2 rings (SSSR count). The Morgan fingerprint density at radius 2 is 1.92 bits per heavy atom. The third-order valence-corrected chi connectivity index (χ3v) is 2.95. The van der Waals surface area contributed by atoms with Gasteiger partial charge in [-0.2, -0.15) is 6.07 Å². The summed E-state index contributed by atoms with van der Waals surface area (Å²) in [7, 11) is 0. The molecule has 1 fully saturated rings. The van der Waals surface area contributed by atoms with Gasteiger partial charge in [-0.1, -0.05) is 0 Å². The molecule has 0 saturated carbocycles. The van der Waals surface area contributed by atoms with E-state index in [2.05, 4.69) is 47.1 Å². The number of ether oxygens (including phenoxy) is 1. The third kappa shape index (κ3) is 10.1. The van der Waals surface area contributed by atoms with Gasteiger partial charge in [0.05, 0.1) is 13.1 Å². The van der Waals surface area contributed by atoms with Gasteiger partial charge in [0.15, 0.2) is 0 Å². The van der Waals surface area contributed by atoms with Crippen LogP contribution in [0.25, 0.3) is 0 Å². The summed E-state index contributed by atoms with van der Waals surface area (Å²) in [6, 6.07) is 5.41. The molecule has 1 N–H and O–H groups in total. The zero-order chi connectivity index (χ0) is 18.7. The van der Waals surface area contributed by atoms with Crippen molar-refractivity contribution in [1.29, 1.82) is 0 Å². The van der Waals surface area contributed by atoms with Crippen molar-refractivity contribution >= 4 is 17.7 Å². The molecule has 0 unspecified atom stereocenters. The number of benzene rings is 1. The number of carbonyl (C=O) groups excluding carboxylic acids is 2. The molecule has 1 aliphatic heterocycles. The van der Waals surface area contributed by atoms with Gasteiger partial charge in [-0.25, -0.2) is 10.9 Å². The predicted molar refractivity (Wildman–Crippen MR) is 87.0 cm³/mol. The van der Waals surface area contributed by atoms with E-state index in [4.69, 9.17) is 4.74 Å². The molecular weight excluding hydrogens is 604 g/mol. The van der Waals surface area contributed by atoms with Crippen LogP contribution >= 0.6 is 0 Å². The number of hydrogen-bond acceptors (Lipinski definition) is 3. The van der Waals surface area contributed by atoms with E-state index in [1.54, 1.807) is 12.1 Å². The first-order valence-electron chi connectivity index (χ1n) is 7.16. The third-order valence-electron chi connectivity index (χ3n) is 2.95. The molecule has 134 valence electrons. The van der Waals surface area contributed by atoms with E-state index in [9.17, 15) is 9.59 Å². The molecule has 5 nitrogen and oxygen atoms in total. The fourth-order valence-corrected chi connectivity index (χ4v) is 1.88. The van der Waals surface area contributed by atoms with E-state index in [-0.39, 0.29) is 44.7 Å². The SMILES string of the molecule is [CH2-]C[CH2-].[CH2-]c1ccc(N2C[C@H](CNC(C)=O)OC2=O)cc1[CH2-].[V+2]=[W].[Y]. The Kier molecular flexibility index (Phi) is 16.6. The Morgan fingerprint density at radius 1 is 1.36 bits per heavy atom. The summed E-state index contributed by atoms with van der Waals surface area (Å²) in [5.74, 6) is -0.143. The van der Waals surface area contributed by atoms with E-state index >= 15 is 0 Å². The number of carbonyl (C=O) groups is 2. The van der Waals surface area contributed by atoms with E-state index in [1.807, 2.05) is 6.07 Å². The van der Waals surface area contributed by atoms with Gasteiger partial charge in [0.2, 0.25) is 5.91 Å². The second-order valence-electron chi connectivity index (χ2n) is 4.86. The van der Waals surface area contributed by atoms with Crippen molar-refractivity contribution in [3.8, 4) is 0 Å². The summed E-state index contributed by atoms with van der Waals surface area (Å²) in [5, 5.41) is 2.64. The second kappa shape index (κ2) is 15.2. The van der Waals surface area contributed by atoms with Crippen LogP contribution in [-0.4, -0.2) is 31.2 Å². The summed E-state index contributed by atoms with van der Waals surface area (Å²) < 4.78 is 5.19. The normalized spacial score (nSPS) is 14.8. The van der Waals surface area contributed by atoms with Crippen molar-refractivity contribution in [3.05, 3.63) is 57.0 Å². The molecule has 1 radical (unpaired) electrons. The van der Waals surface area contributed by atoms with Gasteiger partial charge in [0.25, 0.3) is 0 Å². The van der Waals surface area contributed by atoms with Crippen molar-refractivity contribution in [2.75, 3.05) is 18.0 Å². The number of amides is 2. The molecule has 0 bridgehead atoms. The second-order valence-corrected chi connectivity index (χ2v) is 4.86. The molecule has 1 aromatic carbocycles. The van der Waals surface area contributed by atoms with Gasteiger partial charge < -0.3 is 30.3 Å². The molecule has 1 atom stereocenters. The quantitative estimate of drug-likeness (QED) is 0.526. The van der Waals surface area contributed by atoms with Crippen molar-refractivity contribution in [1.82, 2.24) is 5.32 Å². The van der Waals surface area contributed by atoms with Crippen molar-refractivity contribution in [3.63, 3.8) is 0 Å². The monoisotopic (exact) mass is 626 g/mol. The average Bonchev–Trinajstić information content (AvgIpc) is 2.92. The maximum atomic E-state index is 11.8. The summed E-state index contributed by atoms with van der Waals surface area (Å²) in [6.45, 7) is 16.6. The van der Waals surface area contributed by atoms with Crippen LogP contribution in [0, 0.1) is 27.7 Å². The first-order valence-corrected chi connectivity index (χ1v) is 13.1. The number of cyclic esters (lactones) is 1. The first kappa shape index (κ1) is 27.3. The van der Waals surface area contributed by atoms with Crippen LogP contribution in [0.2, 0.25) is 0 Å². The Labute approximate surface area is 193 Å². The van der Waals surface area contributed by atoms with Gasteiger partial charge in [-0.15, -0.1) is 6.07 Å². The van der Waals surface area contributed by atoms with E-state index in [0.717, 1.165) is 23.2 Å². The van der Waals surface area contributed by atoms with Gasteiger partial charge in [-0.3, -0.25) is 34.7 Å². The van der Waals surface area contributed by atoms with Crippen LogP contribution in [0.3, 0.4) is 0 Å². The number of anilines is 1. The summed E-state index contributed by atoms with van der Waals surface area (Å²) in [6.07, 6.45) is 0.00987. The minimum absolute atomic E-state index is 0. The molecule has 8 heteroatoms. The largest absolute Gasteiger partial charge is 0 e. The minimum Gasteiger partial charge on any atom is 0 e. The number of nitrogens with one attached hydrogen (secondary N) is 1. The van der Waals surface area contributed by atoms with Crippen molar-refractivity contribution < 1.29 is 77.9 Å². The molecule has 2 amide bonds. The number of hydrogen-bond donors (Lipinski definition) is 1. The molecule has 0 aliphatic carbocycles. The molecule has 0 aromatic heterocycles. The fourth-order valence-electron chi connectivity index (χ4n) is 1.88. The van der Waals surface area contributed by atoms with Gasteiger partial charge in [0, 0.05) is 39.6 Å². The van der Waals surface area contributed by atoms with Crippen LogP contribution in [-0.2, 0) is 73.1 Å². The van der Waals surface area contributed by atoms with Gasteiger partial charge in [-0.05, 0) is 5.69 Å². The minimum atomic E-state index is -0.411. The smallest absolute Gasteiger partial charge is 0 e. The molecule has 25 heavy (non-hydrogen) atoms. The van der Waals surface area contributed by atoms with E-state index < -0.39 is 6.09 Å². The average molecular weight is 626 g/mol. The van der Waals surface area contributed by atoms with E-state index in [1.165, 1.54) is 28.6 Å². The molecule has 0 spiro atoms. The van der Waals surface area contributed by atoms with Crippen LogP contribution in [0.4, 0.5) is 10.5 Å². The zero-order valence-corrected chi connectivity index (χ0v) is 21.5. The number of rotatable bonds is 3. The van der Waals surface area contributed by atoms with E-state index in [0.29, 0.717) is 13.1 Å². The topological polar surface area (TPSA) is 58.6 Å².